The molecular weight excluding hydrogens is 338 g/mol. The number of halogens is 2. The number of benzene rings is 1. The van der Waals surface area contributed by atoms with E-state index in [1.54, 1.807) is 0 Å². The number of hydrogen-bond acceptors (Lipinski definition) is 3. The second kappa shape index (κ2) is 7.99. The summed E-state index contributed by atoms with van der Waals surface area (Å²) in [7, 11) is 0. The first-order chi connectivity index (χ1) is 12.4. The first-order valence-electron chi connectivity index (χ1n) is 8.94. The van der Waals surface area contributed by atoms with E-state index in [-0.39, 0.29) is 11.5 Å². The van der Waals surface area contributed by atoms with Gasteiger partial charge in [0.25, 0.3) is 5.91 Å². The zero-order valence-corrected chi connectivity index (χ0v) is 15.1. The molecule has 0 atom stereocenters. The standard InChI is InChI=1S/C20H24F2N2O2/c1-13-9-17(14(2)26-13)12-24-7-5-15(6-8-24)11-23-20(25)16-3-4-18(21)19(22)10-16/h3-4,9-10,15H,5-8,11-12H2,1-2H3,(H,23,25). The lowest BCUT2D eigenvalue weighted by Gasteiger charge is -2.31. The van der Waals surface area contributed by atoms with Crippen molar-refractivity contribution < 1.29 is 18.0 Å². The molecule has 1 amide bonds. The van der Waals surface area contributed by atoms with E-state index in [0.717, 1.165) is 56.1 Å². The van der Waals surface area contributed by atoms with E-state index in [0.29, 0.717) is 12.5 Å². The average Bonchev–Trinajstić information content (AvgIpc) is 2.93. The molecule has 1 fully saturated rings. The molecule has 3 rings (SSSR count). The van der Waals surface area contributed by atoms with Gasteiger partial charge in [0.05, 0.1) is 0 Å². The van der Waals surface area contributed by atoms with Crippen LogP contribution in [0.25, 0.3) is 0 Å². The summed E-state index contributed by atoms with van der Waals surface area (Å²) in [6.07, 6.45) is 1.99. The molecule has 0 saturated carbocycles. The van der Waals surface area contributed by atoms with E-state index in [2.05, 4.69) is 16.3 Å². The highest BCUT2D eigenvalue weighted by atomic mass is 19.2. The third-order valence-electron chi connectivity index (χ3n) is 4.98. The van der Waals surface area contributed by atoms with Gasteiger partial charge in [0.1, 0.15) is 11.5 Å². The summed E-state index contributed by atoms with van der Waals surface area (Å²) in [6.45, 7) is 7.32. The van der Waals surface area contributed by atoms with Crippen molar-refractivity contribution in [1.82, 2.24) is 10.2 Å². The molecule has 26 heavy (non-hydrogen) atoms. The van der Waals surface area contributed by atoms with Crippen molar-refractivity contribution in [3.63, 3.8) is 0 Å². The molecule has 1 aliphatic rings. The highest BCUT2D eigenvalue weighted by Crippen LogP contribution is 2.21. The van der Waals surface area contributed by atoms with Gasteiger partial charge in [-0.2, -0.15) is 0 Å². The van der Waals surface area contributed by atoms with Crippen LogP contribution in [-0.2, 0) is 6.54 Å². The first-order valence-corrected chi connectivity index (χ1v) is 8.94. The highest BCUT2D eigenvalue weighted by Gasteiger charge is 2.21. The maximum Gasteiger partial charge on any atom is 0.251 e. The number of rotatable bonds is 5. The zero-order valence-electron chi connectivity index (χ0n) is 15.1. The van der Waals surface area contributed by atoms with Crippen LogP contribution in [0.15, 0.2) is 28.7 Å². The van der Waals surface area contributed by atoms with Gasteiger partial charge in [-0.25, -0.2) is 8.78 Å². The van der Waals surface area contributed by atoms with E-state index in [9.17, 15) is 13.6 Å². The van der Waals surface area contributed by atoms with E-state index >= 15 is 0 Å². The van der Waals surface area contributed by atoms with Gasteiger partial charge in [0.15, 0.2) is 11.6 Å². The molecule has 1 saturated heterocycles. The number of furan rings is 1. The maximum absolute atomic E-state index is 13.2. The van der Waals surface area contributed by atoms with Crippen molar-refractivity contribution in [3.8, 4) is 0 Å². The molecule has 140 valence electrons. The predicted octanol–water partition coefficient (Wildman–Crippen LogP) is 3.82. The van der Waals surface area contributed by atoms with Crippen molar-refractivity contribution in [2.45, 2.75) is 33.2 Å². The van der Waals surface area contributed by atoms with Gasteiger partial charge in [0.2, 0.25) is 0 Å². The third kappa shape index (κ3) is 4.49. The van der Waals surface area contributed by atoms with Crippen molar-refractivity contribution >= 4 is 5.91 Å². The summed E-state index contributed by atoms with van der Waals surface area (Å²) in [4.78, 5) is 14.5. The molecule has 1 N–H and O–H groups in total. The monoisotopic (exact) mass is 362 g/mol. The Balaban J connectivity index is 1.44. The lowest BCUT2D eigenvalue weighted by molar-refractivity contribution is 0.0934. The largest absolute Gasteiger partial charge is 0.466 e. The Morgan fingerprint density at radius 3 is 2.54 bits per heavy atom. The molecule has 0 aliphatic carbocycles. The summed E-state index contributed by atoms with van der Waals surface area (Å²) in [5.74, 6) is -0.00744. The normalized spacial score (nSPS) is 16.0. The van der Waals surface area contributed by atoms with Crippen molar-refractivity contribution in [1.29, 1.82) is 0 Å². The fourth-order valence-electron chi connectivity index (χ4n) is 3.41. The highest BCUT2D eigenvalue weighted by molar-refractivity contribution is 5.94. The van der Waals surface area contributed by atoms with E-state index in [1.165, 1.54) is 11.6 Å². The molecule has 6 heteroatoms. The molecule has 1 aliphatic heterocycles. The summed E-state index contributed by atoms with van der Waals surface area (Å²) >= 11 is 0. The zero-order chi connectivity index (χ0) is 18.7. The molecule has 1 aromatic carbocycles. The van der Waals surface area contributed by atoms with E-state index < -0.39 is 11.6 Å². The molecule has 4 nitrogen and oxygen atoms in total. The summed E-state index contributed by atoms with van der Waals surface area (Å²) in [5, 5.41) is 2.83. The van der Waals surface area contributed by atoms with Gasteiger partial charge < -0.3 is 9.73 Å². The minimum Gasteiger partial charge on any atom is -0.466 e. The number of aryl methyl sites for hydroxylation is 2. The Bertz CT molecular complexity index is 780. The second-order valence-electron chi connectivity index (χ2n) is 7.00. The molecule has 0 radical (unpaired) electrons. The number of nitrogens with one attached hydrogen (secondary N) is 1. The van der Waals surface area contributed by atoms with Crippen LogP contribution in [0, 0.1) is 31.4 Å². The number of nitrogens with zero attached hydrogens (tertiary/aromatic N) is 1. The molecule has 1 aromatic heterocycles. The Morgan fingerprint density at radius 1 is 1.19 bits per heavy atom. The minimum atomic E-state index is -1.00. The van der Waals surface area contributed by atoms with Crippen molar-refractivity contribution in [3.05, 3.63) is 58.5 Å². The van der Waals surface area contributed by atoms with Gasteiger partial charge >= 0.3 is 0 Å². The fraction of sp³-hybridized carbons (Fsp3) is 0.450. The average molecular weight is 362 g/mol. The number of hydrogen-bond donors (Lipinski definition) is 1. The summed E-state index contributed by atoms with van der Waals surface area (Å²) < 4.78 is 31.7. The maximum atomic E-state index is 13.2. The summed E-state index contributed by atoms with van der Waals surface area (Å²) in [6, 6.07) is 5.29. The van der Waals surface area contributed by atoms with Crippen LogP contribution in [-0.4, -0.2) is 30.4 Å². The molecule has 0 spiro atoms. The van der Waals surface area contributed by atoms with Gasteiger partial charge in [-0.3, -0.25) is 9.69 Å². The van der Waals surface area contributed by atoms with Crippen LogP contribution in [0.1, 0.15) is 40.3 Å². The fourth-order valence-corrected chi connectivity index (χ4v) is 3.41. The Morgan fingerprint density at radius 2 is 1.92 bits per heavy atom. The lowest BCUT2D eigenvalue weighted by Crippen LogP contribution is -2.38. The number of piperidine rings is 1. The van der Waals surface area contributed by atoms with Gasteiger partial charge in [-0.1, -0.05) is 0 Å². The topological polar surface area (TPSA) is 45.5 Å². The van der Waals surface area contributed by atoms with E-state index in [1.807, 2.05) is 13.8 Å². The first kappa shape index (κ1) is 18.6. The van der Waals surface area contributed by atoms with Crippen LogP contribution in [0.2, 0.25) is 0 Å². The van der Waals surface area contributed by atoms with Gasteiger partial charge in [-0.15, -0.1) is 0 Å². The van der Waals surface area contributed by atoms with Crippen LogP contribution in [0.3, 0.4) is 0 Å². The number of carbonyl (C=O) groups excluding carboxylic acids is 1. The number of amides is 1. The smallest absolute Gasteiger partial charge is 0.251 e. The Labute approximate surface area is 152 Å². The number of likely N-dealkylation sites (tertiary alicyclic amines) is 1. The minimum absolute atomic E-state index is 0.145. The van der Waals surface area contributed by atoms with Crippen LogP contribution in [0.4, 0.5) is 8.78 Å². The molecule has 0 bridgehead atoms. The predicted molar refractivity (Wildman–Crippen MR) is 94.9 cm³/mol. The van der Waals surface area contributed by atoms with Gasteiger partial charge in [-0.05, 0) is 70.0 Å². The summed E-state index contributed by atoms with van der Waals surface area (Å²) in [5.41, 5.74) is 1.37. The molecular formula is C20H24F2N2O2. The third-order valence-corrected chi connectivity index (χ3v) is 4.98. The Kier molecular flexibility index (Phi) is 5.71. The van der Waals surface area contributed by atoms with Crippen molar-refractivity contribution in [2.24, 2.45) is 5.92 Å². The van der Waals surface area contributed by atoms with E-state index in [4.69, 9.17) is 4.42 Å². The number of carbonyl (C=O) groups is 1. The quantitative estimate of drug-likeness (QED) is 0.880. The van der Waals surface area contributed by atoms with Crippen LogP contribution in [0.5, 0.6) is 0 Å². The lowest BCUT2D eigenvalue weighted by atomic mass is 9.96. The Hall–Kier alpha value is -2.21. The molecule has 2 heterocycles. The second-order valence-corrected chi connectivity index (χ2v) is 7.00. The van der Waals surface area contributed by atoms with Crippen LogP contribution < -0.4 is 5.32 Å². The van der Waals surface area contributed by atoms with Gasteiger partial charge in [0, 0.05) is 24.2 Å². The molecule has 2 aromatic rings. The molecule has 0 unspecified atom stereocenters. The van der Waals surface area contributed by atoms with Crippen LogP contribution >= 0.6 is 0 Å². The van der Waals surface area contributed by atoms with Crippen molar-refractivity contribution in [2.75, 3.05) is 19.6 Å². The SMILES string of the molecule is Cc1cc(CN2CCC(CNC(=O)c3ccc(F)c(F)c3)CC2)c(C)o1.